The van der Waals surface area contributed by atoms with Crippen LogP contribution < -0.4 is 0 Å². The van der Waals surface area contributed by atoms with Crippen LogP contribution >= 0.6 is 0 Å². The Hall–Kier alpha value is -1.12. The highest BCUT2D eigenvalue weighted by atomic mass is 16.4. The zero-order valence-corrected chi connectivity index (χ0v) is 10.6. The van der Waals surface area contributed by atoms with Crippen molar-refractivity contribution in [1.29, 1.82) is 0 Å². The number of hydrogen-bond donors (Lipinski definition) is 1. The predicted octanol–water partition coefficient (Wildman–Crippen LogP) is 3.73. The van der Waals surface area contributed by atoms with E-state index < -0.39 is 5.97 Å². The Bertz CT molecular complexity index is 222. The minimum absolute atomic E-state index is 0.302. The lowest BCUT2D eigenvalue weighted by molar-refractivity contribution is -0.137. The number of carboxylic acids is 1. The molecule has 0 fully saturated rings. The van der Waals surface area contributed by atoms with Crippen molar-refractivity contribution < 1.29 is 14.7 Å². The summed E-state index contributed by atoms with van der Waals surface area (Å²) < 4.78 is 0. The van der Waals surface area contributed by atoms with Gasteiger partial charge in [0.15, 0.2) is 0 Å². The molecule has 0 heterocycles. The van der Waals surface area contributed by atoms with E-state index in [9.17, 15) is 9.59 Å². The lowest BCUT2D eigenvalue weighted by Gasteiger charge is -1.98. The first-order valence-corrected chi connectivity index (χ1v) is 6.58. The van der Waals surface area contributed by atoms with E-state index in [2.05, 4.69) is 12.2 Å². The summed E-state index contributed by atoms with van der Waals surface area (Å²) in [6.45, 7) is 0. The van der Waals surface area contributed by atoms with Crippen LogP contribution in [0.5, 0.6) is 0 Å². The smallest absolute Gasteiger partial charge is 0.303 e. The fraction of sp³-hybridized carbons (Fsp3) is 0.714. The molecule has 0 bridgehead atoms. The number of carbonyl (C=O) groups excluding carboxylic acids is 1. The van der Waals surface area contributed by atoms with E-state index in [4.69, 9.17) is 5.11 Å². The zero-order valence-electron chi connectivity index (χ0n) is 10.6. The van der Waals surface area contributed by atoms with Gasteiger partial charge in [0.25, 0.3) is 0 Å². The fourth-order valence-corrected chi connectivity index (χ4v) is 1.62. The SMILES string of the molecule is O=CCCC/C=C/CCCCCCCC(=O)O. The molecule has 0 aromatic rings. The van der Waals surface area contributed by atoms with Gasteiger partial charge in [-0.3, -0.25) is 4.79 Å². The average molecular weight is 240 g/mol. The molecule has 0 saturated heterocycles. The van der Waals surface area contributed by atoms with Crippen molar-refractivity contribution in [2.45, 2.75) is 64.2 Å². The van der Waals surface area contributed by atoms with Crippen molar-refractivity contribution in [2.24, 2.45) is 0 Å². The number of carboxylic acid groups (broad SMARTS) is 1. The van der Waals surface area contributed by atoms with Gasteiger partial charge in [0.1, 0.15) is 6.29 Å². The molecule has 0 atom stereocenters. The summed E-state index contributed by atoms with van der Waals surface area (Å²) in [7, 11) is 0. The summed E-state index contributed by atoms with van der Waals surface area (Å²) >= 11 is 0. The maximum Gasteiger partial charge on any atom is 0.303 e. The lowest BCUT2D eigenvalue weighted by Crippen LogP contribution is -1.93. The highest BCUT2D eigenvalue weighted by Gasteiger charge is 1.95. The highest BCUT2D eigenvalue weighted by Crippen LogP contribution is 2.08. The summed E-state index contributed by atoms with van der Waals surface area (Å²) in [4.78, 5) is 20.3. The number of aldehydes is 1. The molecule has 0 spiro atoms. The molecule has 0 aromatic heterocycles. The van der Waals surface area contributed by atoms with Crippen LogP contribution in [0.3, 0.4) is 0 Å². The number of allylic oxidation sites excluding steroid dienone is 2. The van der Waals surface area contributed by atoms with Crippen LogP contribution in [0.4, 0.5) is 0 Å². The van der Waals surface area contributed by atoms with Crippen molar-refractivity contribution in [2.75, 3.05) is 0 Å². The number of rotatable bonds is 12. The van der Waals surface area contributed by atoms with E-state index in [1.807, 2.05) is 0 Å². The van der Waals surface area contributed by atoms with Gasteiger partial charge in [0.05, 0.1) is 0 Å². The molecule has 0 saturated carbocycles. The van der Waals surface area contributed by atoms with Crippen LogP contribution in [0.2, 0.25) is 0 Å². The van der Waals surface area contributed by atoms with Crippen molar-refractivity contribution in [3.63, 3.8) is 0 Å². The largest absolute Gasteiger partial charge is 0.481 e. The van der Waals surface area contributed by atoms with E-state index in [1.54, 1.807) is 0 Å². The van der Waals surface area contributed by atoms with Crippen LogP contribution in [-0.4, -0.2) is 17.4 Å². The standard InChI is InChI=1S/C14H24O3/c15-13-11-9-7-5-3-1-2-4-6-8-10-12-14(16)17/h3,5,13H,1-2,4,6-12H2,(H,16,17)/b5-3+. The second-order valence-electron chi connectivity index (χ2n) is 4.27. The molecule has 1 N–H and O–H groups in total. The van der Waals surface area contributed by atoms with Crippen LogP contribution in [0.25, 0.3) is 0 Å². The Morgan fingerprint density at radius 3 is 2.06 bits per heavy atom. The topological polar surface area (TPSA) is 54.4 Å². The van der Waals surface area contributed by atoms with Gasteiger partial charge < -0.3 is 9.90 Å². The number of hydrogen-bond acceptors (Lipinski definition) is 2. The van der Waals surface area contributed by atoms with Gasteiger partial charge in [0, 0.05) is 12.8 Å². The van der Waals surface area contributed by atoms with Gasteiger partial charge in [-0.2, -0.15) is 0 Å². The first kappa shape index (κ1) is 15.9. The molecule has 3 nitrogen and oxygen atoms in total. The maximum absolute atomic E-state index is 10.3. The molecule has 0 aliphatic rings. The van der Waals surface area contributed by atoms with E-state index in [0.29, 0.717) is 12.8 Å². The molecule has 0 amide bonds. The molecule has 0 rings (SSSR count). The van der Waals surface area contributed by atoms with Crippen LogP contribution in [0, 0.1) is 0 Å². The quantitative estimate of drug-likeness (QED) is 0.321. The normalized spacial score (nSPS) is 10.8. The third-order valence-corrected chi connectivity index (χ3v) is 2.62. The summed E-state index contributed by atoms with van der Waals surface area (Å²) in [5.41, 5.74) is 0. The summed E-state index contributed by atoms with van der Waals surface area (Å²) in [5.74, 6) is -0.691. The Morgan fingerprint density at radius 2 is 1.41 bits per heavy atom. The van der Waals surface area contributed by atoms with Crippen molar-refractivity contribution >= 4 is 12.3 Å². The van der Waals surface area contributed by atoms with Crippen LogP contribution in [0.1, 0.15) is 64.2 Å². The monoisotopic (exact) mass is 240 g/mol. The van der Waals surface area contributed by atoms with E-state index in [0.717, 1.165) is 44.8 Å². The summed E-state index contributed by atoms with van der Waals surface area (Å²) in [5, 5.41) is 8.44. The molecule has 3 heteroatoms. The molecule has 0 unspecified atom stereocenters. The first-order valence-electron chi connectivity index (χ1n) is 6.58. The number of unbranched alkanes of at least 4 members (excludes halogenated alkanes) is 7. The van der Waals surface area contributed by atoms with E-state index >= 15 is 0 Å². The third kappa shape index (κ3) is 14.9. The lowest BCUT2D eigenvalue weighted by atomic mass is 10.1. The van der Waals surface area contributed by atoms with E-state index in [1.165, 1.54) is 12.8 Å². The van der Waals surface area contributed by atoms with E-state index in [-0.39, 0.29) is 0 Å². The van der Waals surface area contributed by atoms with Gasteiger partial charge in [-0.1, -0.05) is 31.4 Å². The molecular weight excluding hydrogens is 216 g/mol. The molecule has 0 aromatic carbocycles. The molecule has 0 aliphatic heterocycles. The first-order chi connectivity index (χ1) is 8.27. The van der Waals surface area contributed by atoms with Crippen LogP contribution in [-0.2, 0) is 9.59 Å². The molecular formula is C14H24O3. The minimum atomic E-state index is -0.691. The fourth-order valence-electron chi connectivity index (χ4n) is 1.62. The highest BCUT2D eigenvalue weighted by molar-refractivity contribution is 5.66. The Balaban J connectivity index is 3.07. The summed E-state index contributed by atoms with van der Waals surface area (Å²) in [6, 6.07) is 0. The molecule has 0 aliphatic carbocycles. The van der Waals surface area contributed by atoms with Gasteiger partial charge in [-0.05, 0) is 32.1 Å². The Labute approximate surface area is 104 Å². The van der Waals surface area contributed by atoms with Crippen molar-refractivity contribution in [3.05, 3.63) is 12.2 Å². The predicted molar refractivity (Wildman–Crippen MR) is 69.0 cm³/mol. The number of aliphatic carboxylic acids is 1. The van der Waals surface area contributed by atoms with Gasteiger partial charge in [0.2, 0.25) is 0 Å². The van der Waals surface area contributed by atoms with Crippen LogP contribution in [0.15, 0.2) is 12.2 Å². The zero-order chi connectivity index (χ0) is 12.8. The molecule has 98 valence electrons. The maximum atomic E-state index is 10.3. The minimum Gasteiger partial charge on any atom is -0.481 e. The molecule has 17 heavy (non-hydrogen) atoms. The number of carbonyl (C=O) groups is 2. The van der Waals surface area contributed by atoms with Crippen molar-refractivity contribution in [3.8, 4) is 0 Å². The second kappa shape index (κ2) is 12.9. The summed E-state index contributed by atoms with van der Waals surface area (Å²) in [6.07, 6.45) is 14.6. The Kier molecular flexibility index (Phi) is 12.1. The van der Waals surface area contributed by atoms with Crippen molar-refractivity contribution in [1.82, 2.24) is 0 Å². The van der Waals surface area contributed by atoms with Gasteiger partial charge in [-0.15, -0.1) is 0 Å². The third-order valence-electron chi connectivity index (χ3n) is 2.62. The van der Waals surface area contributed by atoms with Gasteiger partial charge in [-0.25, -0.2) is 0 Å². The Morgan fingerprint density at radius 1 is 0.824 bits per heavy atom. The second-order valence-corrected chi connectivity index (χ2v) is 4.27. The molecule has 0 radical (unpaired) electrons. The van der Waals surface area contributed by atoms with Gasteiger partial charge >= 0.3 is 5.97 Å². The average Bonchev–Trinajstić information content (AvgIpc) is 2.30.